The standard InChI is InChI=1S/C20H12O5.C5H6O4/c21-11-5-7-15-17(9-11)24-18-10-12(22)6-8-16(18)20(15)14-4-2-1-3-13(14)19(23)25-20;1-3(5(8)9)2-4(6)7/h1-10,21-22H;1-2H2,(H,6,7)(H,8,9). The molecule has 3 aromatic rings. The molecule has 172 valence electrons. The van der Waals surface area contributed by atoms with Crippen molar-refractivity contribution in [2.75, 3.05) is 0 Å². The predicted octanol–water partition coefficient (Wildman–Crippen LogP) is 3.77. The number of carbonyl (C=O) groups is 3. The molecule has 0 radical (unpaired) electrons. The molecule has 0 aromatic heterocycles. The fourth-order valence-electron chi connectivity index (χ4n) is 3.91. The molecule has 34 heavy (non-hydrogen) atoms. The van der Waals surface area contributed by atoms with E-state index in [0.29, 0.717) is 33.8 Å². The number of benzene rings is 3. The molecular weight excluding hydrogens is 444 g/mol. The first-order chi connectivity index (χ1) is 16.1. The van der Waals surface area contributed by atoms with Gasteiger partial charge in [-0.25, -0.2) is 9.59 Å². The number of hydrogen-bond acceptors (Lipinski definition) is 7. The lowest BCUT2D eigenvalue weighted by Crippen LogP contribution is -2.32. The van der Waals surface area contributed by atoms with Crippen LogP contribution in [-0.2, 0) is 19.9 Å². The molecule has 0 saturated heterocycles. The van der Waals surface area contributed by atoms with Crippen LogP contribution in [0.15, 0.2) is 72.8 Å². The number of hydrogen-bond donors (Lipinski definition) is 4. The maximum atomic E-state index is 12.5. The molecule has 0 unspecified atom stereocenters. The SMILES string of the molecule is C=C(CC(=O)O)C(=O)O.O=C1OC2(c3ccc(O)cc3Oc3cc(O)ccc32)c2ccccc21. The van der Waals surface area contributed by atoms with Crippen LogP contribution in [0.3, 0.4) is 0 Å². The van der Waals surface area contributed by atoms with Gasteiger partial charge in [0.05, 0.1) is 12.0 Å². The lowest BCUT2D eigenvalue weighted by atomic mass is 9.77. The van der Waals surface area contributed by atoms with Crippen LogP contribution in [0.1, 0.15) is 33.5 Å². The summed E-state index contributed by atoms with van der Waals surface area (Å²) in [6.45, 7) is 3.01. The van der Waals surface area contributed by atoms with Crippen LogP contribution < -0.4 is 4.74 Å². The Labute approximate surface area is 192 Å². The van der Waals surface area contributed by atoms with E-state index < -0.39 is 29.9 Å². The number of phenolic OH excluding ortho intramolecular Hbond substituents is 2. The number of carboxylic acids is 2. The lowest BCUT2D eigenvalue weighted by Gasteiger charge is -2.36. The van der Waals surface area contributed by atoms with Gasteiger partial charge in [0.2, 0.25) is 0 Å². The molecule has 2 aliphatic heterocycles. The molecule has 2 heterocycles. The van der Waals surface area contributed by atoms with Gasteiger partial charge in [0, 0.05) is 34.4 Å². The van der Waals surface area contributed by atoms with Crippen LogP contribution in [0.2, 0.25) is 0 Å². The number of ether oxygens (including phenoxy) is 2. The van der Waals surface area contributed by atoms with Crippen molar-refractivity contribution in [3.63, 3.8) is 0 Å². The molecule has 4 N–H and O–H groups in total. The molecule has 0 bridgehead atoms. The van der Waals surface area contributed by atoms with E-state index in [1.165, 1.54) is 24.3 Å². The van der Waals surface area contributed by atoms with Gasteiger partial charge < -0.3 is 29.9 Å². The molecule has 2 aliphatic rings. The average Bonchev–Trinajstić information content (AvgIpc) is 3.06. The summed E-state index contributed by atoms with van der Waals surface area (Å²) in [5, 5.41) is 35.7. The second kappa shape index (κ2) is 8.28. The fourth-order valence-corrected chi connectivity index (χ4v) is 3.91. The Morgan fingerprint density at radius 2 is 1.41 bits per heavy atom. The molecule has 0 aliphatic carbocycles. The van der Waals surface area contributed by atoms with Gasteiger partial charge >= 0.3 is 17.9 Å². The Morgan fingerprint density at radius 1 is 0.853 bits per heavy atom. The monoisotopic (exact) mass is 462 g/mol. The largest absolute Gasteiger partial charge is 0.508 e. The maximum absolute atomic E-state index is 12.5. The maximum Gasteiger partial charge on any atom is 0.340 e. The van der Waals surface area contributed by atoms with Crippen LogP contribution in [0, 0.1) is 0 Å². The van der Waals surface area contributed by atoms with Gasteiger partial charge in [0.25, 0.3) is 0 Å². The predicted molar refractivity (Wildman–Crippen MR) is 117 cm³/mol. The molecule has 0 saturated carbocycles. The highest BCUT2D eigenvalue weighted by Crippen LogP contribution is 2.56. The lowest BCUT2D eigenvalue weighted by molar-refractivity contribution is -0.139. The van der Waals surface area contributed by atoms with Gasteiger partial charge in [0.15, 0.2) is 5.60 Å². The highest BCUT2D eigenvalue weighted by Gasteiger charge is 2.53. The summed E-state index contributed by atoms with van der Waals surface area (Å²) in [5.74, 6) is -2.04. The number of esters is 1. The van der Waals surface area contributed by atoms with Crippen LogP contribution in [-0.4, -0.2) is 38.3 Å². The smallest absolute Gasteiger partial charge is 0.340 e. The minimum Gasteiger partial charge on any atom is -0.508 e. The summed E-state index contributed by atoms with van der Waals surface area (Å²) in [6, 6.07) is 16.6. The van der Waals surface area contributed by atoms with E-state index in [-0.39, 0.29) is 17.1 Å². The number of carboxylic acid groups (broad SMARTS) is 2. The Morgan fingerprint density at radius 3 is 1.91 bits per heavy atom. The van der Waals surface area contributed by atoms with E-state index in [9.17, 15) is 24.6 Å². The molecule has 0 amide bonds. The summed E-state index contributed by atoms with van der Waals surface area (Å²) in [5.41, 5.74) is 0.980. The quantitative estimate of drug-likeness (QED) is 0.337. The fraction of sp³-hybridized carbons (Fsp3) is 0.0800. The molecular formula is C25H18O9. The summed E-state index contributed by atoms with van der Waals surface area (Å²) in [4.78, 5) is 32.2. The Bertz CT molecular complexity index is 1300. The van der Waals surface area contributed by atoms with E-state index >= 15 is 0 Å². The van der Waals surface area contributed by atoms with Crippen LogP contribution in [0.5, 0.6) is 23.0 Å². The Kier molecular flexibility index (Phi) is 5.46. The van der Waals surface area contributed by atoms with Crippen molar-refractivity contribution in [3.05, 3.63) is 95.1 Å². The summed E-state index contributed by atoms with van der Waals surface area (Å²) < 4.78 is 11.8. The van der Waals surface area contributed by atoms with Crippen molar-refractivity contribution < 1.29 is 44.3 Å². The van der Waals surface area contributed by atoms with Crippen LogP contribution in [0.25, 0.3) is 0 Å². The molecule has 1 spiro atoms. The van der Waals surface area contributed by atoms with Crippen molar-refractivity contribution in [1.82, 2.24) is 0 Å². The molecule has 9 heteroatoms. The minimum absolute atomic E-state index is 0.0371. The van der Waals surface area contributed by atoms with Gasteiger partial charge in [-0.2, -0.15) is 0 Å². The van der Waals surface area contributed by atoms with Crippen molar-refractivity contribution in [2.24, 2.45) is 0 Å². The van der Waals surface area contributed by atoms with Crippen molar-refractivity contribution in [1.29, 1.82) is 0 Å². The zero-order chi connectivity index (χ0) is 24.6. The first-order valence-corrected chi connectivity index (χ1v) is 9.94. The van der Waals surface area contributed by atoms with Crippen molar-refractivity contribution >= 4 is 17.9 Å². The molecule has 9 nitrogen and oxygen atoms in total. The second-order valence-corrected chi connectivity index (χ2v) is 7.56. The van der Waals surface area contributed by atoms with E-state index in [1.54, 1.807) is 24.3 Å². The highest BCUT2D eigenvalue weighted by molar-refractivity contribution is 5.97. The third kappa shape index (κ3) is 3.69. The molecule has 0 fully saturated rings. The van der Waals surface area contributed by atoms with Crippen LogP contribution >= 0.6 is 0 Å². The number of rotatable bonds is 3. The highest BCUT2D eigenvalue weighted by atomic mass is 16.6. The third-order valence-electron chi connectivity index (χ3n) is 5.35. The van der Waals surface area contributed by atoms with E-state index in [2.05, 4.69) is 6.58 Å². The van der Waals surface area contributed by atoms with Gasteiger partial charge in [-0.05, 0) is 30.3 Å². The van der Waals surface area contributed by atoms with E-state index in [4.69, 9.17) is 19.7 Å². The van der Waals surface area contributed by atoms with Crippen molar-refractivity contribution in [3.8, 4) is 23.0 Å². The molecule has 5 rings (SSSR count). The summed E-state index contributed by atoms with van der Waals surface area (Å²) in [6.07, 6.45) is -0.505. The van der Waals surface area contributed by atoms with Gasteiger partial charge in [-0.15, -0.1) is 0 Å². The molecule has 0 atom stereocenters. The van der Waals surface area contributed by atoms with Gasteiger partial charge in [-0.3, -0.25) is 4.79 Å². The average molecular weight is 462 g/mol. The zero-order valence-electron chi connectivity index (χ0n) is 17.5. The number of fused-ring (bicyclic) bond motifs is 6. The normalized spacial score (nSPS) is 13.8. The number of carbonyl (C=O) groups excluding carboxylic acids is 1. The van der Waals surface area contributed by atoms with Crippen LogP contribution in [0.4, 0.5) is 0 Å². The number of aromatic hydroxyl groups is 2. The third-order valence-corrected chi connectivity index (χ3v) is 5.35. The molecule has 3 aromatic carbocycles. The number of phenols is 2. The first kappa shape index (κ1) is 22.4. The Balaban J connectivity index is 0.000000262. The zero-order valence-corrected chi connectivity index (χ0v) is 17.5. The minimum atomic E-state index is -1.27. The Hall–Kier alpha value is -4.79. The topological polar surface area (TPSA) is 151 Å². The summed E-state index contributed by atoms with van der Waals surface area (Å²) in [7, 11) is 0. The number of aliphatic carboxylic acids is 2. The first-order valence-electron chi connectivity index (χ1n) is 9.94. The van der Waals surface area contributed by atoms with Gasteiger partial charge in [0.1, 0.15) is 23.0 Å². The van der Waals surface area contributed by atoms with Crippen molar-refractivity contribution in [2.45, 2.75) is 12.0 Å². The van der Waals surface area contributed by atoms with E-state index in [1.807, 2.05) is 12.1 Å². The second-order valence-electron chi connectivity index (χ2n) is 7.56. The summed E-state index contributed by atoms with van der Waals surface area (Å²) >= 11 is 0. The van der Waals surface area contributed by atoms with E-state index in [0.717, 1.165) is 0 Å². The van der Waals surface area contributed by atoms with Gasteiger partial charge in [-0.1, -0.05) is 24.8 Å².